The summed E-state index contributed by atoms with van der Waals surface area (Å²) in [6.45, 7) is 3.81. The second-order valence-corrected chi connectivity index (χ2v) is 4.55. The lowest BCUT2D eigenvalue weighted by Crippen LogP contribution is -2.43. The summed E-state index contributed by atoms with van der Waals surface area (Å²) in [6.07, 6.45) is 0.359. The van der Waals surface area contributed by atoms with Crippen molar-refractivity contribution in [3.05, 3.63) is 12.7 Å². The van der Waals surface area contributed by atoms with Crippen molar-refractivity contribution < 1.29 is 35.7 Å². The van der Waals surface area contributed by atoms with Crippen LogP contribution in [0.4, 0.5) is 13.2 Å². The molecule has 1 N–H and O–H groups in total. The van der Waals surface area contributed by atoms with Crippen molar-refractivity contribution in [2.24, 2.45) is 0 Å². The van der Waals surface area contributed by atoms with Crippen LogP contribution in [0.1, 0.15) is 13.3 Å². The molecule has 0 saturated heterocycles. The van der Waals surface area contributed by atoms with Gasteiger partial charge in [-0.05, 0) is 6.92 Å². The first-order chi connectivity index (χ1) is 6.96. The number of carbonyl (C=O) groups is 1. The summed E-state index contributed by atoms with van der Waals surface area (Å²) in [5, 5.41) is 8.59. The molecule has 0 radical (unpaired) electrons. The van der Waals surface area contributed by atoms with Gasteiger partial charge in [0.1, 0.15) is 0 Å². The zero-order valence-corrected chi connectivity index (χ0v) is 8.93. The molecule has 0 saturated carbocycles. The van der Waals surface area contributed by atoms with Gasteiger partial charge in [-0.15, -0.1) is 6.58 Å². The van der Waals surface area contributed by atoms with Gasteiger partial charge in [-0.2, -0.15) is 21.6 Å². The van der Waals surface area contributed by atoms with E-state index >= 15 is 0 Å². The van der Waals surface area contributed by atoms with Crippen molar-refractivity contribution in [1.29, 1.82) is 0 Å². The van der Waals surface area contributed by atoms with E-state index in [4.69, 9.17) is 5.11 Å². The van der Waals surface area contributed by atoms with Gasteiger partial charge in [0, 0.05) is 6.42 Å². The predicted octanol–water partition coefficient (Wildman–Crippen LogP) is 1.27. The van der Waals surface area contributed by atoms with Gasteiger partial charge in [0.15, 0.2) is 5.60 Å². The summed E-state index contributed by atoms with van der Waals surface area (Å²) in [4.78, 5) is 10.6. The van der Waals surface area contributed by atoms with Crippen LogP contribution in [0.15, 0.2) is 12.7 Å². The molecule has 0 rings (SSSR count). The van der Waals surface area contributed by atoms with Crippen LogP contribution in [0.5, 0.6) is 0 Å². The maximum absolute atomic E-state index is 11.9. The van der Waals surface area contributed by atoms with Gasteiger partial charge >= 0.3 is 21.6 Å². The molecule has 0 spiro atoms. The molecule has 0 aromatic rings. The topological polar surface area (TPSA) is 80.7 Å². The van der Waals surface area contributed by atoms with Gasteiger partial charge in [-0.25, -0.2) is 8.98 Å². The van der Waals surface area contributed by atoms with Crippen LogP contribution >= 0.6 is 0 Å². The Kier molecular flexibility index (Phi) is 4.12. The summed E-state index contributed by atoms with van der Waals surface area (Å²) in [6, 6.07) is 0. The molecular formula is C7H9F3O5S. The van der Waals surface area contributed by atoms with Crippen molar-refractivity contribution in [1.82, 2.24) is 0 Å². The first-order valence-electron chi connectivity index (χ1n) is 3.82. The van der Waals surface area contributed by atoms with Crippen LogP contribution in [-0.4, -0.2) is 30.6 Å². The summed E-state index contributed by atoms with van der Waals surface area (Å²) in [7, 11) is -5.95. The Morgan fingerprint density at radius 2 is 1.94 bits per heavy atom. The average Bonchev–Trinajstić information content (AvgIpc) is 2.00. The highest BCUT2D eigenvalue weighted by Crippen LogP contribution is 2.30. The second-order valence-electron chi connectivity index (χ2n) is 3.01. The molecule has 9 heteroatoms. The number of carboxylic acids is 1. The van der Waals surface area contributed by atoms with Crippen LogP contribution in [0.3, 0.4) is 0 Å². The molecule has 0 bridgehead atoms. The minimum absolute atomic E-state index is 0.586. The molecule has 0 aromatic carbocycles. The van der Waals surface area contributed by atoms with Crippen LogP contribution in [0, 0.1) is 0 Å². The molecule has 1 atom stereocenters. The van der Waals surface area contributed by atoms with Crippen LogP contribution in [-0.2, 0) is 19.1 Å². The zero-order valence-electron chi connectivity index (χ0n) is 8.11. The van der Waals surface area contributed by atoms with Crippen molar-refractivity contribution in [3.63, 3.8) is 0 Å². The maximum Gasteiger partial charge on any atom is 0.523 e. The van der Waals surface area contributed by atoms with E-state index in [9.17, 15) is 26.4 Å². The molecule has 0 aromatic heterocycles. The van der Waals surface area contributed by atoms with Crippen molar-refractivity contribution in [3.8, 4) is 0 Å². The normalized spacial score (nSPS) is 16.5. The van der Waals surface area contributed by atoms with E-state index in [1.54, 1.807) is 0 Å². The third-order valence-corrected chi connectivity index (χ3v) is 2.72. The number of alkyl halides is 3. The SMILES string of the molecule is C=CCC(C)(OS(=O)(=O)C(F)(F)F)C(=O)O. The highest BCUT2D eigenvalue weighted by Gasteiger charge is 2.52. The lowest BCUT2D eigenvalue weighted by Gasteiger charge is -2.23. The van der Waals surface area contributed by atoms with Gasteiger partial charge in [-0.3, -0.25) is 0 Å². The third kappa shape index (κ3) is 3.20. The molecular weight excluding hydrogens is 253 g/mol. The number of aliphatic carboxylic acids is 1. The monoisotopic (exact) mass is 262 g/mol. The number of rotatable bonds is 5. The fourth-order valence-electron chi connectivity index (χ4n) is 0.722. The molecule has 0 fully saturated rings. The van der Waals surface area contributed by atoms with Crippen molar-refractivity contribution >= 4 is 16.1 Å². The maximum atomic E-state index is 11.9. The van der Waals surface area contributed by atoms with Gasteiger partial charge in [0.25, 0.3) is 0 Å². The van der Waals surface area contributed by atoms with E-state index in [1.807, 2.05) is 0 Å². The minimum Gasteiger partial charge on any atom is -0.479 e. The summed E-state index contributed by atoms with van der Waals surface area (Å²) in [5.41, 5.74) is -8.18. The van der Waals surface area contributed by atoms with E-state index in [1.165, 1.54) is 0 Å². The predicted molar refractivity (Wildman–Crippen MR) is 46.9 cm³/mol. The molecule has 1 unspecified atom stereocenters. The number of carboxylic acid groups (broad SMARTS) is 1. The summed E-state index contributed by atoms with van der Waals surface area (Å²) >= 11 is 0. The molecule has 0 aliphatic heterocycles. The van der Waals surface area contributed by atoms with Gasteiger partial charge in [0.2, 0.25) is 0 Å². The fourth-order valence-corrected chi connectivity index (χ4v) is 1.44. The molecule has 0 amide bonds. The van der Waals surface area contributed by atoms with E-state index in [-0.39, 0.29) is 0 Å². The lowest BCUT2D eigenvalue weighted by atomic mass is 10.0. The zero-order chi connectivity index (χ0) is 13.2. The fraction of sp³-hybridized carbons (Fsp3) is 0.571. The number of hydrogen-bond acceptors (Lipinski definition) is 4. The number of hydrogen-bond donors (Lipinski definition) is 1. The number of halogens is 3. The largest absolute Gasteiger partial charge is 0.523 e. The Hall–Kier alpha value is -1.09. The lowest BCUT2D eigenvalue weighted by molar-refractivity contribution is -0.154. The van der Waals surface area contributed by atoms with Gasteiger partial charge in [-0.1, -0.05) is 6.08 Å². The first-order valence-corrected chi connectivity index (χ1v) is 5.23. The van der Waals surface area contributed by atoms with Crippen molar-refractivity contribution in [2.75, 3.05) is 0 Å². The molecule has 0 aliphatic carbocycles. The Labute approximate surface area is 89.6 Å². The van der Waals surface area contributed by atoms with Gasteiger partial charge < -0.3 is 5.11 Å². The summed E-state index contributed by atoms with van der Waals surface area (Å²) in [5.74, 6) is -1.83. The Balaban J connectivity index is 5.22. The quantitative estimate of drug-likeness (QED) is 0.458. The Morgan fingerprint density at radius 1 is 1.50 bits per heavy atom. The van der Waals surface area contributed by atoms with E-state index in [2.05, 4.69) is 10.8 Å². The van der Waals surface area contributed by atoms with Crippen LogP contribution in [0.25, 0.3) is 0 Å². The first kappa shape index (κ1) is 14.9. The standard InChI is InChI=1S/C7H9F3O5S/c1-3-4-6(2,5(11)12)15-16(13,14)7(8,9)10/h3H,1,4H2,2H3,(H,11,12). The molecule has 16 heavy (non-hydrogen) atoms. The van der Waals surface area contributed by atoms with Crippen molar-refractivity contribution in [2.45, 2.75) is 24.5 Å². The minimum atomic E-state index is -5.95. The van der Waals surface area contributed by atoms with E-state index in [0.29, 0.717) is 6.92 Å². The van der Waals surface area contributed by atoms with Crippen LogP contribution < -0.4 is 0 Å². The Morgan fingerprint density at radius 3 is 2.19 bits per heavy atom. The molecule has 94 valence electrons. The summed E-state index contributed by atoms with van der Waals surface area (Å²) < 4.78 is 60.7. The highest BCUT2D eigenvalue weighted by molar-refractivity contribution is 7.87. The second kappa shape index (κ2) is 4.42. The van der Waals surface area contributed by atoms with E-state index < -0.39 is 33.6 Å². The molecule has 0 heterocycles. The molecule has 5 nitrogen and oxygen atoms in total. The Bertz CT molecular complexity index is 385. The van der Waals surface area contributed by atoms with Crippen LogP contribution in [0.2, 0.25) is 0 Å². The molecule has 0 aliphatic rings. The third-order valence-electron chi connectivity index (χ3n) is 1.56. The average molecular weight is 262 g/mol. The smallest absolute Gasteiger partial charge is 0.479 e. The highest BCUT2D eigenvalue weighted by atomic mass is 32.2. The van der Waals surface area contributed by atoms with E-state index in [0.717, 1.165) is 6.08 Å². The van der Waals surface area contributed by atoms with Gasteiger partial charge in [0.05, 0.1) is 0 Å².